The van der Waals surface area contributed by atoms with Gasteiger partial charge in [0.2, 0.25) is 5.91 Å². The number of rotatable bonds is 5. The molecule has 4 saturated carbocycles. The molecule has 0 aromatic carbocycles. The second-order valence-corrected chi connectivity index (χ2v) is 8.68. The van der Waals surface area contributed by atoms with E-state index in [1.54, 1.807) is 10.9 Å². The van der Waals surface area contributed by atoms with Crippen LogP contribution in [0.25, 0.3) is 0 Å². The summed E-state index contributed by atoms with van der Waals surface area (Å²) in [5.74, 6) is 2.96. The van der Waals surface area contributed by atoms with E-state index in [0.717, 1.165) is 30.0 Å². The summed E-state index contributed by atoms with van der Waals surface area (Å²) in [7, 11) is 0. The standard InChI is InChI=1S/C18H26ClN3O/c1-12-16(19)10-22(21-12)3-2-17(23)20-11-18-7-13-4-14(8-18)6-15(5-13)9-18/h10,13-15H,2-9,11H2,1H3,(H,20,23). The lowest BCUT2D eigenvalue weighted by atomic mass is 9.49. The molecule has 23 heavy (non-hydrogen) atoms. The van der Waals surface area contributed by atoms with Gasteiger partial charge in [-0.2, -0.15) is 5.10 Å². The van der Waals surface area contributed by atoms with E-state index < -0.39 is 0 Å². The molecular weight excluding hydrogens is 310 g/mol. The fraction of sp³-hybridized carbons (Fsp3) is 0.778. The van der Waals surface area contributed by atoms with Crippen LogP contribution < -0.4 is 5.32 Å². The Morgan fingerprint density at radius 2 is 1.91 bits per heavy atom. The van der Waals surface area contributed by atoms with Crippen molar-refractivity contribution in [2.45, 2.75) is 58.4 Å². The molecule has 0 aliphatic heterocycles. The molecule has 0 saturated heterocycles. The monoisotopic (exact) mass is 335 g/mol. The van der Waals surface area contributed by atoms with Gasteiger partial charge in [0.1, 0.15) is 0 Å². The third kappa shape index (κ3) is 3.15. The van der Waals surface area contributed by atoms with Crippen molar-refractivity contribution in [3.63, 3.8) is 0 Å². The van der Waals surface area contributed by atoms with Gasteiger partial charge >= 0.3 is 0 Å². The summed E-state index contributed by atoms with van der Waals surface area (Å²) in [5, 5.41) is 8.19. The maximum absolute atomic E-state index is 12.2. The molecule has 1 heterocycles. The lowest BCUT2D eigenvalue weighted by Crippen LogP contribution is -2.51. The Bertz CT molecular complexity index is 555. The van der Waals surface area contributed by atoms with Gasteiger partial charge in [-0.1, -0.05) is 11.6 Å². The largest absolute Gasteiger partial charge is 0.355 e. The molecule has 0 spiro atoms. The Hall–Kier alpha value is -1.03. The van der Waals surface area contributed by atoms with Crippen LogP contribution in [0.2, 0.25) is 5.02 Å². The van der Waals surface area contributed by atoms with E-state index >= 15 is 0 Å². The van der Waals surface area contributed by atoms with E-state index in [1.807, 2.05) is 6.92 Å². The SMILES string of the molecule is Cc1nn(CCC(=O)NCC23CC4CC(CC(C4)C2)C3)cc1Cl. The van der Waals surface area contributed by atoms with E-state index in [0.29, 0.717) is 23.4 Å². The first-order valence-electron chi connectivity index (χ1n) is 8.98. The van der Waals surface area contributed by atoms with Crippen molar-refractivity contribution in [3.05, 3.63) is 16.9 Å². The van der Waals surface area contributed by atoms with Gasteiger partial charge in [0.25, 0.3) is 0 Å². The predicted molar refractivity (Wildman–Crippen MR) is 90.2 cm³/mol. The van der Waals surface area contributed by atoms with Crippen LogP contribution in [0.1, 0.15) is 50.6 Å². The highest BCUT2D eigenvalue weighted by Gasteiger charge is 2.50. The number of nitrogens with zero attached hydrogens (tertiary/aromatic N) is 2. The van der Waals surface area contributed by atoms with Crippen molar-refractivity contribution >= 4 is 17.5 Å². The fourth-order valence-electron chi connectivity index (χ4n) is 5.71. The van der Waals surface area contributed by atoms with Crippen LogP contribution in [0.5, 0.6) is 0 Å². The minimum atomic E-state index is 0.144. The molecule has 1 amide bonds. The molecule has 0 unspecified atom stereocenters. The van der Waals surface area contributed by atoms with Gasteiger partial charge < -0.3 is 5.32 Å². The molecule has 5 rings (SSSR count). The average molecular weight is 336 g/mol. The Kier molecular flexibility index (Phi) is 3.91. The summed E-state index contributed by atoms with van der Waals surface area (Å²) in [6, 6.07) is 0. The Morgan fingerprint density at radius 1 is 1.30 bits per heavy atom. The van der Waals surface area contributed by atoms with E-state index in [1.165, 1.54) is 38.5 Å². The third-order valence-corrected chi connectivity index (χ3v) is 6.65. The van der Waals surface area contributed by atoms with E-state index in [4.69, 9.17) is 11.6 Å². The maximum Gasteiger partial charge on any atom is 0.221 e. The zero-order chi connectivity index (χ0) is 16.0. The van der Waals surface area contributed by atoms with Gasteiger partial charge in [-0.05, 0) is 68.6 Å². The maximum atomic E-state index is 12.2. The molecule has 1 aromatic rings. The molecular formula is C18H26ClN3O. The van der Waals surface area contributed by atoms with Crippen LogP contribution in [-0.2, 0) is 11.3 Å². The smallest absolute Gasteiger partial charge is 0.221 e. The minimum absolute atomic E-state index is 0.144. The molecule has 5 heteroatoms. The average Bonchev–Trinajstić information content (AvgIpc) is 2.80. The summed E-state index contributed by atoms with van der Waals surface area (Å²) in [6.07, 6.45) is 10.6. The van der Waals surface area contributed by atoms with Gasteiger partial charge in [0.05, 0.1) is 10.7 Å². The van der Waals surface area contributed by atoms with Crippen LogP contribution in [0, 0.1) is 30.1 Å². The first kappa shape index (κ1) is 15.5. The minimum Gasteiger partial charge on any atom is -0.355 e. The quantitative estimate of drug-likeness (QED) is 0.894. The fourth-order valence-corrected chi connectivity index (χ4v) is 5.86. The Labute approximate surface area is 143 Å². The number of aryl methyl sites for hydroxylation is 2. The molecule has 1 N–H and O–H groups in total. The van der Waals surface area contributed by atoms with Gasteiger partial charge in [0, 0.05) is 25.7 Å². The summed E-state index contributed by atoms with van der Waals surface area (Å²) >= 11 is 6.00. The molecule has 4 fully saturated rings. The lowest BCUT2D eigenvalue weighted by Gasteiger charge is -2.56. The first-order chi connectivity index (χ1) is 11.0. The molecule has 4 aliphatic carbocycles. The zero-order valence-electron chi connectivity index (χ0n) is 13.9. The number of halogens is 1. The van der Waals surface area contributed by atoms with E-state index in [-0.39, 0.29) is 5.91 Å². The number of carbonyl (C=O) groups excluding carboxylic acids is 1. The Balaban J connectivity index is 1.28. The number of nitrogens with one attached hydrogen (secondary N) is 1. The number of aromatic nitrogens is 2. The van der Waals surface area contributed by atoms with Crippen LogP contribution in [0.15, 0.2) is 6.20 Å². The number of hydrogen-bond donors (Lipinski definition) is 1. The predicted octanol–water partition coefficient (Wildman–Crippen LogP) is 3.57. The summed E-state index contributed by atoms with van der Waals surface area (Å²) < 4.78 is 1.77. The molecule has 4 bridgehead atoms. The van der Waals surface area contributed by atoms with E-state index in [9.17, 15) is 4.79 Å². The highest BCUT2D eigenvalue weighted by atomic mass is 35.5. The van der Waals surface area contributed by atoms with Crippen molar-refractivity contribution in [2.24, 2.45) is 23.2 Å². The second-order valence-electron chi connectivity index (χ2n) is 8.27. The summed E-state index contributed by atoms with van der Waals surface area (Å²) in [4.78, 5) is 12.2. The lowest BCUT2D eigenvalue weighted by molar-refractivity contribution is -0.123. The van der Waals surface area contributed by atoms with Gasteiger partial charge in [-0.15, -0.1) is 0 Å². The Morgan fingerprint density at radius 3 is 2.43 bits per heavy atom. The van der Waals surface area contributed by atoms with Crippen LogP contribution in [0.4, 0.5) is 0 Å². The van der Waals surface area contributed by atoms with Crippen LogP contribution in [-0.4, -0.2) is 22.2 Å². The second kappa shape index (κ2) is 5.80. The van der Waals surface area contributed by atoms with Crippen molar-refractivity contribution < 1.29 is 4.79 Å². The third-order valence-electron chi connectivity index (χ3n) is 6.28. The highest BCUT2D eigenvalue weighted by Crippen LogP contribution is 2.59. The van der Waals surface area contributed by atoms with Crippen molar-refractivity contribution in [2.75, 3.05) is 6.54 Å². The van der Waals surface area contributed by atoms with Crippen molar-refractivity contribution in [3.8, 4) is 0 Å². The molecule has 4 aliphatic rings. The van der Waals surface area contributed by atoms with Crippen LogP contribution in [0.3, 0.4) is 0 Å². The van der Waals surface area contributed by atoms with Crippen molar-refractivity contribution in [1.29, 1.82) is 0 Å². The van der Waals surface area contributed by atoms with Crippen molar-refractivity contribution in [1.82, 2.24) is 15.1 Å². The molecule has 0 radical (unpaired) electrons. The summed E-state index contributed by atoms with van der Waals surface area (Å²) in [6.45, 7) is 3.36. The van der Waals surface area contributed by atoms with Gasteiger partial charge in [-0.25, -0.2) is 0 Å². The van der Waals surface area contributed by atoms with Gasteiger partial charge in [0.15, 0.2) is 0 Å². The molecule has 1 aromatic heterocycles. The van der Waals surface area contributed by atoms with Crippen LogP contribution >= 0.6 is 11.6 Å². The number of amides is 1. The first-order valence-corrected chi connectivity index (χ1v) is 9.35. The molecule has 126 valence electrons. The normalized spacial score (nSPS) is 34.8. The van der Waals surface area contributed by atoms with Gasteiger partial charge in [-0.3, -0.25) is 9.48 Å². The van der Waals surface area contributed by atoms with E-state index in [2.05, 4.69) is 10.4 Å². The number of hydrogen-bond acceptors (Lipinski definition) is 2. The highest BCUT2D eigenvalue weighted by molar-refractivity contribution is 6.31. The summed E-state index contributed by atoms with van der Waals surface area (Å²) in [5.41, 5.74) is 1.23. The topological polar surface area (TPSA) is 46.9 Å². The number of carbonyl (C=O) groups is 1. The molecule has 0 atom stereocenters. The zero-order valence-corrected chi connectivity index (χ0v) is 14.6. The molecule has 4 nitrogen and oxygen atoms in total.